The Morgan fingerprint density at radius 2 is 1.37 bits per heavy atom. The van der Waals surface area contributed by atoms with E-state index in [4.69, 9.17) is 9.47 Å². The minimum atomic E-state index is -4.13. The minimum absolute atomic E-state index is 0.0258. The lowest BCUT2D eigenvalue weighted by Crippen LogP contribution is -2.38. The summed E-state index contributed by atoms with van der Waals surface area (Å²) in [4.78, 5) is 26.1. The van der Waals surface area contributed by atoms with Crippen molar-refractivity contribution in [1.29, 1.82) is 0 Å². The van der Waals surface area contributed by atoms with Crippen LogP contribution in [0.1, 0.15) is 36.7 Å². The largest absolute Gasteiger partial charge is 0.493 e. The van der Waals surface area contributed by atoms with Crippen molar-refractivity contribution in [3.63, 3.8) is 0 Å². The molecule has 0 aromatic heterocycles. The van der Waals surface area contributed by atoms with E-state index in [-0.39, 0.29) is 21.9 Å². The third-order valence-electron chi connectivity index (χ3n) is 6.69. The van der Waals surface area contributed by atoms with Crippen LogP contribution in [0, 0.1) is 0 Å². The first-order chi connectivity index (χ1) is 20.4. The number of hydrogen-bond acceptors (Lipinski definition) is 6. The highest BCUT2D eigenvalue weighted by Gasteiger charge is 2.28. The number of carbonyl (C=O) groups is 2. The Morgan fingerprint density at radius 3 is 1.98 bits per heavy atom. The second-order valence-corrected chi connectivity index (χ2v) is 12.6. The van der Waals surface area contributed by atoms with Gasteiger partial charge >= 0.3 is 0 Å². The average molecular weight is 602 g/mol. The fourth-order valence-electron chi connectivity index (χ4n) is 4.35. The number of nitrogens with zero attached hydrogens (tertiary/aromatic N) is 1. The predicted octanol–water partition coefficient (Wildman–Crippen LogP) is 6.09. The summed E-state index contributed by atoms with van der Waals surface area (Å²) in [5.74, 6) is -0.157. The van der Waals surface area contributed by atoms with Crippen molar-refractivity contribution in [2.45, 2.75) is 31.1 Å². The monoisotopic (exact) mass is 601 g/mol. The molecule has 2 amide bonds. The van der Waals surface area contributed by atoms with Gasteiger partial charge in [0, 0.05) is 23.0 Å². The Kier molecular flexibility index (Phi) is 9.40. The first-order valence-corrected chi connectivity index (χ1v) is 15.0. The molecule has 0 aliphatic rings. The summed E-state index contributed by atoms with van der Waals surface area (Å²) in [7, 11) is -1.22. The van der Waals surface area contributed by atoms with Gasteiger partial charge in [-0.2, -0.15) is 0 Å². The number of nitrogens with one attached hydrogen (secondary N) is 2. The molecule has 10 heteroatoms. The highest BCUT2D eigenvalue weighted by molar-refractivity contribution is 7.92. The summed E-state index contributed by atoms with van der Waals surface area (Å²) in [6.45, 7) is 5.79. The molecule has 43 heavy (non-hydrogen) atoms. The molecule has 0 spiro atoms. The summed E-state index contributed by atoms with van der Waals surface area (Å²) >= 11 is 0. The number of ether oxygens (including phenoxy) is 2. The predicted molar refractivity (Wildman–Crippen MR) is 169 cm³/mol. The van der Waals surface area contributed by atoms with Crippen molar-refractivity contribution in [1.82, 2.24) is 0 Å². The molecule has 0 aliphatic carbocycles. The quantitative estimate of drug-likeness (QED) is 0.228. The third kappa shape index (κ3) is 7.52. The van der Waals surface area contributed by atoms with Gasteiger partial charge in [-0.05, 0) is 65.6 Å². The molecule has 0 bridgehead atoms. The van der Waals surface area contributed by atoms with E-state index < -0.39 is 22.5 Å². The number of methoxy groups -OCH3 is 2. The molecule has 0 unspecified atom stereocenters. The van der Waals surface area contributed by atoms with E-state index in [1.165, 1.54) is 32.4 Å². The van der Waals surface area contributed by atoms with Gasteiger partial charge in [0.25, 0.3) is 15.9 Å². The zero-order valence-electron chi connectivity index (χ0n) is 24.7. The minimum Gasteiger partial charge on any atom is -0.493 e. The average Bonchev–Trinajstić information content (AvgIpc) is 2.99. The van der Waals surface area contributed by atoms with Crippen LogP contribution in [-0.4, -0.2) is 41.0 Å². The molecule has 4 aromatic carbocycles. The first kappa shape index (κ1) is 31.1. The van der Waals surface area contributed by atoms with E-state index in [1.807, 2.05) is 12.1 Å². The molecule has 0 saturated heterocycles. The van der Waals surface area contributed by atoms with Crippen LogP contribution >= 0.6 is 0 Å². The second-order valence-electron chi connectivity index (χ2n) is 10.8. The standard InChI is InChI=1S/C33H35N3O6S/c1-33(2,3)24-16-14-23(15-17-24)32(38)35-26-11-9-10-25(20-26)34-31(37)22-36(43(39,40)28-12-7-6-8-13-28)27-18-19-29(41-4)30(21-27)42-5/h6-21H,22H2,1-5H3,(H,34,37)(H,35,38). The van der Waals surface area contributed by atoms with Crippen molar-refractivity contribution in [3.8, 4) is 11.5 Å². The summed E-state index contributed by atoms with van der Waals surface area (Å²) in [6, 6.07) is 26.5. The van der Waals surface area contributed by atoms with Gasteiger partial charge in [-0.3, -0.25) is 13.9 Å². The number of anilines is 3. The van der Waals surface area contributed by atoms with Crippen LogP contribution in [0.5, 0.6) is 11.5 Å². The number of sulfonamides is 1. The molecule has 4 aromatic rings. The molecular formula is C33H35N3O6S. The van der Waals surface area contributed by atoms with Gasteiger partial charge in [-0.1, -0.05) is 57.2 Å². The Bertz CT molecular complexity index is 1700. The number of benzene rings is 4. The summed E-state index contributed by atoms with van der Waals surface area (Å²) in [5, 5.41) is 5.59. The van der Waals surface area contributed by atoms with Crippen LogP contribution in [0.25, 0.3) is 0 Å². The number of amides is 2. The van der Waals surface area contributed by atoms with Crippen molar-refractivity contribution in [2.75, 3.05) is 35.7 Å². The SMILES string of the molecule is COc1ccc(N(CC(=O)Nc2cccc(NC(=O)c3ccc(C(C)(C)C)cc3)c2)S(=O)(=O)c2ccccc2)cc1OC. The number of carbonyl (C=O) groups excluding carboxylic acids is 2. The van der Waals surface area contributed by atoms with Crippen molar-refractivity contribution in [2.24, 2.45) is 0 Å². The topological polar surface area (TPSA) is 114 Å². The van der Waals surface area contributed by atoms with Gasteiger partial charge in [-0.15, -0.1) is 0 Å². The van der Waals surface area contributed by atoms with Gasteiger partial charge in [0.05, 0.1) is 24.8 Å². The molecule has 9 nitrogen and oxygen atoms in total. The first-order valence-electron chi connectivity index (χ1n) is 13.5. The molecule has 224 valence electrons. The van der Waals surface area contributed by atoms with Crippen molar-refractivity contribution < 1.29 is 27.5 Å². The van der Waals surface area contributed by atoms with Crippen molar-refractivity contribution in [3.05, 3.63) is 108 Å². The fourth-order valence-corrected chi connectivity index (χ4v) is 5.78. The van der Waals surface area contributed by atoms with E-state index in [0.717, 1.165) is 9.87 Å². The lowest BCUT2D eigenvalue weighted by molar-refractivity contribution is -0.114. The van der Waals surface area contributed by atoms with Crippen LogP contribution in [0.3, 0.4) is 0 Å². The molecule has 0 aliphatic heterocycles. The van der Waals surface area contributed by atoms with Gasteiger partial charge < -0.3 is 20.1 Å². The second kappa shape index (κ2) is 13.0. The lowest BCUT2D eigenvalue weighted by Gasteiger charge is -2.25. The maximum absolute atomic E-state index is 13.7. The van der Waals surface area contributed by atoms with E-state index >= 15 is 0 Å². The van der Waals surface area contributed by atoms with Crippen LogP contribution in [0.4, 0.5) is 17.1 Å². The van der Waals surface area contributed by atoms with Crippen LogP contribution in [0.15, 0.2) is 102 Å². The Hall–Kier alpha value is -4.83. The van der Waals surface area contributed by atoms with Gasteiger partial charge in [0.1, 0.15) is 6.54 Å². The van der Waals surface area contributed by atoms with E-state index in [9.17, 15) is 18.0 Å². The highest BCUT2D eigenvalue weighted by atomic mass is 32.2. The van der Waals surface area contributed by atoms with Crippen LogP contribution in [-0.2, 0) is 20.2 Å². The normalized spacial score (nSPS) is 11.4. The Morgan fingerprint density at radius 1 is 0.744 bits per heavy atom. The zero-order chi connectivity index (χ0) is 31.2. The highest BCUT2D eigenvalue weighted by Crippen LogP contribution is 2.34. The van der Waals surface area contributed by atoms with Crippen LogP contribution < -0.4 is 24.4 Å². The number of hydrogen-bond donors (Lipinski definition) is 2. The fraction of sp³-hybridized carbons (Fsp3) is 0.212. The van der Waals surface area contributed by atoms with E-state index in [1.54, 1.807) is 66.7 Å². The molecule has 0 radical (unpaired) electrons. The lowest BCUT2D eigenvalue weighted by atomic mass is 9.87. The maximum Gasteiger partial charge on any atom is 0.264 e. The van der Waals surface area contributed by atoms with E-state index in [0.29, 0.717) is 28.4 Å². The molecule has 0 fully saturated rings. The summed E-state index contributed by atoms with van der Waals surface area (Å²) < 4.78 is 39.0. The smallest absolute Gasteiger partial charge is 0.264 e. The van der Waals surface area contributed by atoms with Gasteiger partial charge in [0.15, 0.2) is 11.5 Å². The van der Waals surface area contributed by atoms with E-state index in [2.05, 4.69) is 31.4 Å². The molecule has 2 N–H and O–H groups in total. The van der Waals surface area contributed by atoms with Crippen molar-refractivity contribution >= 4 is 38.9 Å². The molecule has 0 atom stereocenters. The summed E-state index contributed by atoms with van der Waals surface area (Å²) in [5.41, 5.74) is 2.66. The van der Waals surface area contributed by atoms with Gasteiger partial charge in [0.2, 0.25) is 5.91 Å². The Labute approximate surface area is 252 Å². The molecule has 0 heterocycles. The van der Waals surface area contributed by atoms with Crippen LogP contribution in [0.2, 0.25) is 0 Å². The molecule has 0 saturated carbocycles. The zero-order valence-corrected chi connectivity index (χ0v) is 25.6. The maximum atomic E-state index is 13.7. The number of rotatable bonds is 10. The molecule has 4 rings (SSSR count). The third-order valence-corrected chi connectivity index (χ3v) is 8.48. The summed E-state index contributed by atoms with van der Waals surface area (Å²) in [6.07, 6.45) is 0. The van der Waals surface area contributed by atoms with Gasteiger partial charge in [-0.25, -0.2) is 8.42 Å². The Balaban J connectivity index is 1.54. The molecular weight excluding hydrogens is 566 g/mol.